The second kappa shape index (κ2) is 12.6. The highest BCUT2D eigenvalue weighted by molar-refractivity contribution is 8.00. The Hall–Kier alpha value is -2.81. The number of halogens is 1. The number of hydrogen-bond acceptors (Lipinski definition) is 6. The summed E-state index contributed by atoms with van der Waals surface area (Å²) in [4.78, 5) is 40.5. The van der Waals surface area contributed by atoms with E-state index in [0.29, 0.717) is 26.8 Å². The summed E-state index contributed by atoms with van der Waals surface area (Å²) < 4.78 is 5.32. The summed E-state index contributed by atoms with van der Waals surface area (Å²) in [6.07, 6.45) is 4.99. The smallest absolute Gasteiger partial charge is 0.341 e. The quantitative estimate of drug-likeness (QED) is 0.174. The molecule has 2 aromatic carbocycles. The van der Waals surface area contributed by atoms with Gasteiger partial charge in [0.15, 0.2) is 0 Å². The van der Waals surface area contributed by atoms with E-state index in [4.69, 9.17) is 16.3 Å². The van der Waals surface area contributed by atoms with Gasteiger partial charge in [0.05, 0.1) is 17.4 Å². The van der Waals surface area contributed by atoms with Crippen molar-refractivity contribution in [1.82, 2.24) is 0 Å². The fourth-order valence-electron chi connectivity index (χ4n) is 4.20. The van der Waals surface area contributed by atoms with Gasteiger partial charge in [0.2, 0.25) is 5.91 Å². The van der Waals surface area contributed by atoms with Gasteiger partial charge in [-0.2, -0.15) is 0 Å². The Morgan fingerprint density at radius 3 is 2.62 bits per heavy atom. The van der Waals surface area contributed by atoms with Gasteiger partial charge in [-0.05, 0) is 81.5 Å². The molecule has 6 nitrogen and oxygen atoms in total. The van der Waals surface area contributed by atoms with E-state index in [1.165, 1.54) is 28.0 Å². The molecule has 3 aromatic rings. The molecule has 1 unspecified atom stereocenters. The van der Waals surface area contributed by atoms with Crippen molar-refractivity contribution in [3.05, 3.63) is 75.1 Å². The van der Waals surface area contributed by atoms with Crippen LogP contribution in [0.3, 0.4) is 0 Å². The molecule has 1 aromatic heterocycles. The first-order chi connectivity index (χ1) is 17.9. The van der Waals surface area contributed by atoms with Crippen molar-refractivity contribution in [3.63, 3.8) is 0 Å². The highest BCUT2D eigenvalue weighted by Gasteiger charge is 2.27. The molecule has 0 saturated carbocycles. The molecule has 2 N–H and O–H groups in total. The van der Waals surface area contributed by atoms with E-state index in [1.807, 2.05) is 25.1 Å². The molecule has 4 rings (SSSR count). The monoisotopic (exact) mass is 556 g/mol. The summed E-state index contributed by atoms with van der Waals surface area (Å²) in [6, 6.07) is 14.1. The van der Waals surface area contributed by atoms with Crippen LogP contribution in [0.15, 0.2) is 53.4 Å². The molecule has 0 saturated heterocycles. The van der Waals surface area contributed by atoms with E-state index in [0.717, 1.165) is 42.6 Å². The van der Waals surface area contributed by atoms with Crippen LogP contribution in [0.2, 0.25) is 5.02 Å². The highest BCUT2D eigenvalue weighted by Crippen LogP contribution is 2.38. The van der Waals surface area contributed by atoms with Crippen LogP contribution >= 0.6 is 34.7 Å². The van der Waals surface area contributed by atoms with Crippen LogP contribution in [-0.2, 0) is 22.4 Å². The van der Waals surface area contributed by atoms with Gasteiger partial charge >= 0.3 is 5.97 Å². The summed E-state index contributed by atoms with van der Waals surface area (Å²) in [5.41, 5.74) is 2.62. The van der Waals surface area contributed by atoms with Gasteiger partial charge in [-0.15, -0.1) is 23.1 Å². The number of hydrogen-bond donors (Lipinski definition) is 2. The lowest BCUT2D eigenvalue weighted by molar-refractivity contribution is -0.115. The minimum atomic E-state index is -0.434. The Kier molecular flexibility index (Phi) is 9.29. The minimum Gasteiger partial charge on any atom is -0.462 e. The van der Waals surface area contributed by atoms with Gasteiger partial charge in [0.25, 0.3) is 5.91 Å². The zero-order valence-electron chi connectivity index (χ0n) is 20.8. The second-order valence-corrected chi connectivity index (χ2v) is 11.7. The van der Waals surface area contributed by atoms with Crippen LogP contribution in [-0.4, -0.2) is 29.6 Å². The lowest BCUT2D eigenvalue weighted by Gasteiger charge is -2.14. The van der Waals surface area contributed by atoms with Crippen LogP contribution in [0.25, 0.3) is 0 Å². The maximum Gasteiger partial charge on any atom is 0.341 e. The fraction of sp³-hybridized carbons (Fsp3) is 0.321. The Labute approximate surface area is 230 Å². The van der Waals surface area contributed by atoms with E-state index in [-0.39, 0.29) is 24.4 Å². The van der Waals surface area contributed by atoms with Gasteiger partial charge < -0.3 is 15.4 Å². The minimum absolute atomic E-state index is 0.194. The number of thioether (sulfide) groups is 1. The molecule has 1 heterocycles. The predicted octanol–water partition coefficient (Wildman–Crippen LogP) is 7.22. The van der Waals surface area contributed by atoms with Crippen molar-refractivity contribution < 1.29 is 19.1 Å². The van der Waals surface area contributed by atoms with E-state index in [9.17, 15) is 14.4 Å². The second-order valence-electron chi connectivity index (χ2n) is 8.73. The number of nitrogens with one attached hydrogen (secondary N) is 2. The van der Waals surface area contributed by atoms with Gasteiger partial charge in [-0.25, -0.2) is 4.79 Å². The van der Waals surface area contributed by atoms with E-state index < -0.39 is 5.25 Å². The van der Waals surface area contributed by atoms with Gasteiger partial charge in [-0.1, -0.05) is 30.2 Å². The molecular weight excluding hydrogens is 528 g/mol. The molecule has 0 fully saturated rings. The van der Waals surface area contributed by atoms with Gasteiger partial charge in [-0.3, -0.25) is 9.59 Å². The third-order valence-corrected chi connectivity index (χ3v) is 8.53. The topological polar surface area (TPSA) is 84.5 Å². The average Bonchev–Trinajstić information content (AvgIpc) is 3.04. The number of thiophene rings is 1. The molecular formula is C28H29ClN2O4S2. The van der Waals surface area contributed by atoms with Crippen molar-refractivity contribution in [2.45, 2.75) is 56.1 Å². The normalized spacial score (nSPS) is 13.7. The zero-order valence-corrected chi connectivity index (χ0v) is 23.2. The number of fused-ring (bicyclic) bond motifs is 1. The number of aryl methyl sites for hydroxylation is 1. The molecule has 194 valence electrons. The molecule has 0 radical (unpaired) electrons. The highest BCUT2D eigenvalue weighted by atomic mass is 35.5. The average molecular weight is 557 g/mol. The summed E-state index contributed by atoms with van der Waals surface area (Å²) in [5.74, 6) is -0.833. The predicted molar refractivity (Wildman–Crippen MR) is 151 cm³/mol. The number of carbonyl (C=O) groups excluding carboxylic acids is 3. The fourth-order valence-corrected chi connectivity index (χ4v) is 6.60. The Morgan fingerprint density at radius 2 is 1.84 bits per heavy atom. The van der Waals surface area contributed by atoms with Gasteiger partial charge in [0.1, 0.15) is 5.00 Å². The summed E-state index contributed by atoms with van der Waals surface area (Å²) in [6.45, 7) is 3.89. The van der Waals surface area contributed by atoms with Crippen molar-refractivity contribution >= 4 is 63.2 Å². The first-order valence-corrected chi connectivity index (χ1v) is 14.4. The maximum absolute atomic E-state index is 13.2. The maximum atomic E-state index is 13.2. The number of carbonyl (C=O) groups is 3. The van der Waals surface area contributed by atoms with Crippen LogP contribution in [0.4, 0.5) is 10.7 Å². The number of anilines is 2. The molecule has 1 atom stereocenters. The Morgan fingerprint density at radius 1 is 1.05 bits per heavy atom. The SMILES string of the molecule is CCOC(=O)c1c(NC(=O)C(C)Sc2cccc(NC(=O)c3cccc(Cl)c3)c2)sc2c1CCCCC2. The van der Waals surface area contributed by atoms with E-state index in [2.05, 4.69) is 10.6 Å². The summed E-state index contributed by atoms with van der Waals surface area (Å²) in [7, 11) is 0. The standard InChI is InChI=1S/C28H29ClN2O4S2/c1-3-35-28(34)24-22-13-5-4-6-14-23(22)37-27(24)31-25(32)17(2)36-21-12-8-11-20(16-21)30-26(33)18-9-7-10-19(29)15-18/h7-12,15-17H,3-6,13-14H2,1-2H3,(H,30,33)(H,31,32). The molecule has 2 amide bonds. The Bertz CT molecular complexity index is 1310. The van der Waals surface area contributed by atoms with Crippen molar-refractivity contribution in [2.24, 2.45) is 0 Å². The van der Waals surface area contributed by atoms with Crippen LogP contribution in [0.5, 0.6) is 0 Å². The molecule has 37 heavy (non-hydrogen) atoms. The number of esters is 1. The molecule has 0 aliphatic heterocycles. The number of rotatable bonds is 8. The van der Waals surface area contributed by atoms with Crippen molar-refractivity contribution in [3.8, 4) is 0 Å². The first-order valence-electron chi connectivity index (χ1n) is 12.3. The number of amides is 2. The summed E-state index contributed by atoms with van der Waals surface area (Å²) >= 11 is 8.86. The largest absolute Gasteiger partial charge is 0.462 e. The van der Waals surface area contributed by atoms with Crippen LogP contribution < -0.4 is 10.6 Å². The van der Waals surface area contributed by atoms with Crippen molar-refractivity contribution in [2.75, 3.05) is 17.2 Å². The van der Waals surface area contributed by atoms with Crippen molar-refractivity contribution in [1.29, 1.82) is 0 Å². The first kappa shape index (κ1) is 27.2. The third-order valence-electron chi connectivity index (χ3n) is 6.00. The van der Waals surface area contributed by atoms with E-state index >= 15 is 0 Å². The Balaban J connectivity index is 1.45. The molecule has 1 aliphatic carbocycles. The lowest BCUT2D eigenvalue weighted by Crippen LogP contribution is -2.23. The molecule has 9 heteroatoms. The number of ether oxygens (including phenoxy) is 1. The molecule has 0 bridgehead atoms. The van der Waals surface area contributed by atoms with E-state index in [1.54, 1.807) is 37.3 Å². The lowest BCUT2D eigenvalue weighted by atomic mass is 10.1. The summed E-state index contributed by atoms with van der Waals surface area (Å²) in [5, 5.41) is 6.50. The zero-order chi connectivity index (χ0) is 26.4. The third kappa shape index (κ3) is 6.94. The molecule has 1 aliphatic rings. The number of benzene rings is 2. The van der Waals surface area contributed by atoms with Crippen LogP contribution in [0.1, 0.15) is 64.3 Å². The molecule has 0 spiro atoms. The van der Waals surface area contributed by atoms with Crippen LogP contribution in [0, 0.1) is 0 Å². The van der Waals surface area contributed by atoms with Gasteiger partial charge in [0, 0.05) is 26.0 Å².